The lowest BCUT2D eigenvalue weighted by Gasteiger charge is -2.32. The number of nitrogens with zero attached hydrogens (tertiary/aromatic N) is 3. The van der Waals surface area contributed by atoms with E-state index in [-0.39, 0.29) is 4.90 Å². The molecule has 0 radical (unpaired) electrons. The van der Waals surface area contributed by atoms with E-state index in [2.05, 4.69) is 10.2 Å². The summed E-state index contributed by atoms with van der Waals surface area (Å²) in [4.78, 5) is 15.0. The monoisotopic (exact) mass is 524 g/mol. The second-order valence-electron chi connectivity index (χ2n) is 8.66. The Bertz CT molecular complexity index is 1270. The van der Waals surface area contributed by atoms with Crippen LogP contribution in [0.3, 0.4) is 0 Å². The predicted octanol–water partition coefficient (Wildman–Crippen LogP) is 1.73. The van der Waals surface area contributed by atoms with E-state index in [0.717, 1.165) is 10.6 Å². The van der Waals surface area contributed by atoms with Crippen LogP contribution in [0.25, 0.3) is 0 Å². The molecule has 2 aromatic carbocycles. The van der Waals surface area contributed by atoms with Crippen molar-refractivity contribution in [1.82, 2.24) is 9.21 Å². The van der Waals surface area contributed by atoms with E-state index in [9.17, 15) is 21.6 Å². The molecule has 35 heavy (non-hydrogen) atoms. The van der Waals surface area contributed by atoms with Gasteiger partial charge in [-0.25, -0.2) is 16.8 Å². The Hall–Kier alpha value is -2.67. The van der Waals surface area contributed by atoms with Crippen molar-refractivity contribution in [3.05, 3.63) is 48.0 Å². The molecular weight excluding hydrogens is 492 g/mol. The summed E-state index contributed by atoms with van der Waals surface area (Å²) in [5.41, 5.74) is 1.42. The number of anilines is 2. The molecule has 0 spiro atoms. The van der Waals surface area contributed by atoms with E-state index in [1.165, 1.54) is 17.4 Å². The van der Waals surface area contributed by atoms with Crippen molar-refractivity contribution < 1.29 is 26.4 Å². The Balaban J connectivity index is 1.69. The summed E-state index contributed by atoms with van der Waals surface area (Å²) in [6, 6.07) is 11.1. The van der Waals surface area contributed by atoms with Gasteiger partial charge in [0.1, 0.15) is 5.75 Å². The van der Waals surface area contributed by atoms with Crippen LogP contribution in [0.2, 0.25) is 0 Å². The molecule has 1 amide bonds. The first-order valence-corrected chi connectivity index (χ1v) is 14.4. The molecule has 0 aliphatic carbocycles. The Morgan fingerprint density at radius 1 is 1.03 bits per heavy atom. The SMILES string of the molecule is Cc1ccc(NC(=O)[C@@H](C)Oc2ccc(N(C)S(C)(=O)=O)cc2)cc1S(=O)(=O)N1CCN(C)CC1. The van der Waals surface area contributed by atoms with E-state index in [1.54, 1.807) is 50.2 Å². The molecule has 1 fully saturated rings. The molecule has 1 aliphatic rings. The maximum atomic E-state index is 13.2. The highest BCUT2D eigenvalue weighted by Gasteiger charge is 2.29. The normalized spacial score (nSPS) is 16.5. The fourth-order valence-corrected chi connectivity index (χ4v) is 5.73. The maximum absolute atomic E-state index is 13.2. The fraction of sp³-hybridized carbons (Fsp3) is 0.435. The minimum atomic E-state index is -3.69. The summed E-state index contributed by atoms with van der Waals surface area (Å²) in [6.45, 7) is 5.45. The molecule has 0 unspecified atom stereocenters. The molecule has 1 N–H and O–H groups in total. The predicted molar refractivity (Wildman–Crippen MR) is 136 cm³/mol. The van der Waals surface area contributed by atoms with Crippen molar-refractivity contribution in [3.63, 3.8) is 0 Å². The number of sulfonamides is 2. The molecule has 1 aliphatic heterocycles. The van der Waals surface area contributed by atoms with Crippen LogP contribution < -0.4 is 14.4 Å². The van der Waals surface area contributed by atoms with Gasteiger partial charge < -0.3 is 15.0 Å². The standard InChI is InChI=1S/C23H32N4O6S2/c1-17-6-7-19(16-22(17)35(31,32)27-14-12-25(3)13-15-27)24-23(28)18(2)33-21-10-8-20(9-11-21)26(4)34(5,29)30/h6-11,16,18H,12-15H2,1-5H3,(H,24,28)/t18-/m1/s1. The Morgan fingerprint density at radius 3 is 2.20 bits per heavy atom. The number of piperazine rings is 1. The number of nitrogens with one attached hydrogen (secondary N) is 1. The zero-order valence-corrected chi connectivity index (χ0v) is 22.2. The molecule has 192 valence electrons. The Morgan fingerprint density at radius 2 is 1.63 bits per heavy atom. The molecule has 0 saturated carbocycles. The molecule has 1 heterocycles. The van der Waals surface area contributed by atoms with E-state index in [0.29, 0.717) is 48.9 Å². The van der Waals surface area contributed by atoms with Gasteiger partial charge in [0.2, 0.25) is 20.0 Å². The molecule has 1 atom stereocenters. The minimum Gasteiger partial charge on any atom is -0.481 e. The number of rotatable bonds is 8. The van der Waals surface area contributed by atoms with Crippen molar-refractivity contribution in [3.8, 4) is 5.75 Å². The zero-order valence-electron chi connectivity index (χ0n) is 20.6. The first-order chi connectivity index (χ1) is 16.3. The van der Waals surface area contributed by atoms with Gasteiger partial charge >= 0.3 is 0 Å². The van der Waals surface area contributed by atoms with Crippen LogP contribution in [0.15, 0.2) is 47.4 Å². The lowest BCUT2D eigenvalue weighted by molar-refractivity contribution is -0.122. The molecule has 1 saturated heterocycles. The molecular formula is C23H32N4O6S2. The molecule has 0 bridgehead atoms. The highest BCUT2D eigenvalue weighted by Crippen LogP contribution is 2.25. The van der Waals surface area contributed by atoms with Gasteiger partial charge in [-0.05, 0) is 62.9 Å². The van der Waals surface area contributed by atoms with Gasteiger partial charge in [-0.3, -0.25) is 9.10 Å². The van der Waals surface area contributed by atoms with Crippen molar-refractivity contribution in [2.24, 2.45) is 0 Å². The van der Waals surface area contributed by atoms with Crippen molar-refractivity contribution in [1.29, 1.82) is 0 Å². The van der Waals surface area contributed by atoms with Gasteiger partial charge in [0.25, 0.3) is 5.91 Å². The van der Waals surface area contributed by atoms with Gasteiger partial charge in [0.15, 0.2) is 6.10 Å². The molecule has 0 aromatic heterocycles. The van der Waals surface area contributed by atoms with Gasteiger partial charge in [-0.2, -0.15) is 4.31 Å². The van der Waals surface area contributed by atoms with Crippen LogP contribution in [0.5, 0.6) is 5.75 Å². The second-order valence-corrected chi connectivity index (χ2v) is 12.6. The number of ether oxygens (including phenoxy) is 1. The second kappa shape index (κ2) is 10.5. The third-order valence-corrected chi connectivity index (χ3v) is 9.16. The molecule has 10 nitrogen and oxygen atoms in total. The number of hydrogen-bond donors (Lipinski definition) is 1. The number of carbonyl (C=O) groups excluding carboxylic acids is 1. The van der Waals surface area contributed by atoms with E-state index in [4.69, 9.17) is 4.74 Å². The Labute approximate surface area is 207 Å². The third-order valence-electron chi connectivity index (χ3n) is 5.92. The summed E-state index contributed by atoms with van der Waals surface area (Å²) < 4.78 is 58.0. The van der Waals surface area contributed by atoms with Crippen LogP contribution in [-0.4, -0.2) is 84.6 Å². The maximum Gasteiger partial charge on any atom is 0.265 e. The number of hydrogen-bond acceptors (Lipinski definition) is 7. The van der Waals surface area contributed by atoms with Crippen LogP contribution in [-0.2, 0) is 24.8 Å². The fourth-order valence-electron chi connectivity index (χ4n) is 3.55. The van der Waals surface area contributed by atoms with Crippen molar-refractivity contribution in [2.45, 2.75) is 24.8 Å². The largest absolute Gasteiger partial charge is 0.481 e. The molecule has 3 rings (SSSR count). The smallest absolute Gasteiger partial charge is 0.265 e. The lowest BCUT2D eigenvalue weighted by Crippen LogP contribution is -2.47. The van der Waals surface area contributed by atoms with Gasteiger partial charge in [-0.1, -0.05) is 6.07 Å². The summed E-state index contributed by atoms with van der Waals surface area (Å²) in [5, 5.41) is 2.72. The highest BCUT2D eigenvalue weighted by molar-refractivity contribution is 7.92. The minimum absolute atomic E-state index is 0.166. The van der Waals surface area contributed by atoms with Crippen LogP contribution in [0.4, 0.5) is 11.4 Å². The van der Waals surface area contributed by atoms with E-state index < -0.39 is 32.1 Å². The topological polar surface area (TPSA) is 116 Å². The number of aryl methyl sites for hydroxylation is 1. The molecule has 12 heteroatoms. The van der Waals surface area contributed by atoms with Crippen LogP contribution in [0, 0.1) is 6.92 Å². The van der Waals surface area contributed by atoms with Crippen molar-refractivity contribution >= 4 is 37.3 Å². The number of amides is 1. The average molecular weight is 525 g/mol. The first-order valence-electron chi connectivity index (χ1n) is 11.1. The molecule has 2 aromatic rings. The van der Waals surface area contributed by atoms with Gasteiger partial charge in [0.05, 0.1) is 16.8 Å². The number of benzene rings is 2. The highest BCUT2D eigenvalue weighted by atomic mass is 32.2. The summed E-state index contributed by atoms with van der Waals surface area (Å²) in [6.07, 6.45) is 0.226. The van der Waals surface area contributed by atoms with Gasteiger partial charge in [0, 0.05) is 38.9 Å². The Kier molecular flexibility index (Phi) is 8.10. The van der Waals surface area contributed by atoms with Gasteiger partial charge in [-0.15, -0.1) is 0 Å². The quantitative estimate of drug-likeness (QED) is 0.559. The van der Waals surface area contributed by atoms with Crippen LogP contribution >= 0.6 is 0 Å². The van der Waals surface area contributed by atoms with Crippen LogP contribution in [0.1, 0.15) is 12.5 Å². The average Bonchev–Trinajstić information content (AvgIpc) is 2.80. The summed E-state index contributed by atoms with van der Waals surface area (Å²) in [7, 11) is -3.67. The first kappa shape index (κ1) is 26.9. The van der Waals surface area contributed by atoms with E-state index >= 15 is 0 Å². The number of likely N-dealkylation sites (N-methyl/N-ethyl adjacent to an activating group) is 1. The number of carbonyl (C=O) groups is 1. The lowest BCUT2D eigenvalue weighted by atomic mass is 10.2. The summed E-state index contributed by atoms with van der Waals surface area (Å²) >= 11 is 0. The third kappa shape index (κ3) is 6.51. The zero-order chi connectivity index (χ0) is 26.0. The van der Waals surface area contributed by atoms with E-state index in [1.807, 2.05) is 7.05 Å². The van der Waals surface area contributed by atoms with Crippen molar-refractivity contribution in [2.75, 3.05) is 56.2 Å². The summed E-state index contributed by atoms with van der Waals surface area (Å²) in [5.74, 6) is -0.0605.